The molecule has 0 unspecified atom stereocenters. The molecule has 0 atom stereocenters. The van der Waals surface area contributed by atoms with E-state index in [0.29, 0.717) is 0 Å². The predicted molar refractivity (Wildman–Crippen MR) is 65.2 cm³/mol. The molecular formula is C10H14HgN4O8+2. The second-order valence-corrected chi connectivity index (χ2v) is 2.99. The summed E-state index contributed by atoms with van der Waals surface area (Å²) in [5.74, 6) is 0. The standard InChI is InChI=1S/2C5H6NO.Hg.2HNO3/c2*7-6-4-2-1-3-5-6;;2*2-1(3)4/h2*1-5,7H;;2*(H,2,3,4)/q2*+1;;;. The summed E-state index contributed by atoms with van der Waals surface area (Å²) in [6.07, 6.45) is 6.22. The molecule has 0 spiro atoms. The molecule has 2 heterocycles. The Morgan fingerprint density at radius 2 is 0.826 bits per heavy atom. The van der Waals surface area contributed by atoms with Gasteiger partial charge in [-0.25, -0.2) is 0 Å². The molecule has 12 nitrogen and oxygen atoms in total. The second kappa shape index (κ2) is 17.3. The predicted octanol–water partition coefficient (Wildman–Crippen LogP) is -0.275. The average Bonchev–Trinajstić information content (AvgIpc) is 2.40. The Bertz CT molecular complexity index is 473. The average molecular weight is 519 g/mol. The molecule has 0 fully saturated rings. The molecule has 2 rings (SSSR count). The van der Waals surface area contributed by atoms with Gasteiger partial charge >= 0.3 is 0 Å². The monoisotopic (exact) mass is 520 g/mol. The Labute approximate surface area is 149 Å². The molecule has 0 bridgehead atoms. The van der Waals surface area contributed by atoms with Crippen molar-refractivity contribution in [1.29, 1.82) is 0 Å². The first-order valence-corrected chi connectivity index (χ1v) is 5.23. The van der Waals surface area contributed by atoms with Crippen molar-refractivity contribution >= 4 is 0 Å². The van der Waals surface area contributed by atoms with Crippen LogP contribution in [0.4, 0.5) is 0 Å². The van der Waals surface area contributed by atoms with Crippen LogP contribution in [0.1, 0.15) is 0 Å². The van der Waals surface area contributed by atoms with Crippen molar-refractivity contribution in [2.45, 2.75) is 0 Å². The van der Waals surface area contributed by atoms with Gasteiger partial charge in [-0.15, -0.1) is 20.2 Å². The summed E-state index contributed by atoms with van der Waals surface area (Å²) in [7, 11) is 0. The first-order chi connectivity index (χ1) is 10.3. The van der Waals surface area contributed by atoms with E-state index in [1.165, 1.54) is 0 Å². The van der Waals surface area contributed by atoms with Crippen molar-refractivity contribution < 1.29 is 68.1 Å². The number of pyridine rings is 2. The molecule has 13 heteroatoms. The van der Waals surface area contributed by atoms with E-state index in [1.54, 1.807) is 49.1 Å². The molecule has 2 aromatic heterocycles. The Balaban J connectivity index is -0.000000238. The van der Waals surface area contributed by atoms with Crippen LogP contribution in [0.5, 0.6) is 0 Å². The zero-order valence-corrected chi connectivity index (χ0v) is 17.2. The number of hydrogen-bond acceptors (Lipinski definition) is 6. The molecular weight excluding hydrogens is 505 g/mol. The topological polar surface area (TPSA) is 175 Å². The maximum Gasteiger partial charge on any atom is 0.291 e. The van der Waals surface area contributed by atoms with Crippen LogP contribution >= 0.6 is 0 Å². The van der Waals surface area contributed by atoms with E-state index in [2.05, 4.69) is 0 Å². The third-order valence-corrected chi connectivity index (χ3v) is 1.40. The second-order valence-electron chi connectivity index (χ2n) is 2.99. The maximum absolute atomic E-state index is 8.55. The van der Waals surface area contributed by atoms with E-state index in [4.69, 9.17) is 41.1 Å². The summed E-state index contributed by atoms with van der Waals surface area (Å²) in [6, 6.07) is 10.7. The van der Waals surface area contributed by atoms with E-state index in [9.17, 15) is 0 Å². The summed E-state index contributed by atoms with van der Waals surface area (Å²) < 4.78 is 2.00. The number of rotatable bonds is 0. The number of aromatic nitrogens is 2. The molecule has 0 amide bonds. The van der Waals surface area contributed by atoms with Crippen molar-refractivity contribution in [2.24, 2.45) is 0 Å². The fraction of sp³-hybridized carbons (Fsp3) is 0. The minimum absolute atomic E-state index is 0. The minimum atomic E-state index is -1.50. The molecule has 0 radical (unpaired) electrons. The van der Waals surface area contributed by atoms with Gasteiger partial charge in [0, 0.05) is 61.4 Å². The zero-order valence-electron chi connectivity index (χ0n) is 11.7. The van der Waals surface area contributed by atoms with Gasteiger partial charge in [0.15, 0.2) is 0 Å². The molecule has 0 aliphatic carbocycles. The normalized spacial score (nSPS) is 7.30. The van der Waals surface area contributed by atoms with Gasteiger partial charge in [0.25, 0.3) is 10.2 Å². The van der Waals surface area contributed by atoms with Crippen LogP contribution in [0, 0.1) is 20.2 Å². The summed E-state index contributed by atoms with van der Waals surface area (Å²) in [5, 5.41) is 44.4. The molecule has 0 aromatic carbocycles. The molecule has 0 aliphatic heterocycles. The van der Waals surface area contributed by atoms with Crippen molar-refractivity contribution in [1.82, 2.24) is 0 Å². The van der Waals surface area contributed by atoms with Crippen LogP contribution in [-0.4, -0.2) is 31.0 Å². The summed E-state index contributed by atoms with van der Waals surface area (Å²) >= 11 is 0. The largest absolute Gasteiger partial charge is 0.328 e. The summed E-state index contributed by atoms with van der Waals surface area (Å²) in [5.41, 5.74) is 0. The Kier molecular flexibility index (Phi) is 18.9. The smallest absolute Gasteiger partial charge is 0.291 e. The third-order valence-electron chi connectivity index (χ3n) is 1.40. The van der Waals surface area contributed by atoms with E-state index in [1.807, 2.05) is 12.1 Å². The Morgan fingerprint density at radius 3 is 0.913 bits per heavy atom. The van der Waals surface area contributed by atoms with Gasteiger partial charge in [-0.3, -0.25) is 10.4 Å². The van der Waals surface area contributed by atoms with Crippen molar-refractivity contribution in [3.05, 3.63) is 81.4 Å². The van der Waals surface area contributed by atoms with E-state index >= 15 is 0 Å². The van der Waals surface area contributed by atoms with Gasteiger partial charge in [0.05, 0.1) is 0 Å². The van der Waals surface area contributed by atoms with Gasteiger partial charge in [0.1, 0.15) is 0 Å². The fourth-order valence-electron chi connectivity index (χ4n) is 0.779. The van der Waals surface area contributed by atoms with Crippen molar-refractivity contribution in [2.75, 3.05) is 0 Å². The van der Waals surface area contributed by atoms with Crippen LogP contribution in [-0.2, 0) is 27.7 Å². The maximum atomic E-state index is 8.55. The van der Waals surface area contributed by atoms with Gasteiger partial charge in [-0.2, -0.15) is 0 Å². The van der Waals surface area contributed by atoms with Gasteiger partial charge in [-0.1, -0.05) is 12.1 Å². The van der Waals surface area contributed by atoms with Crippen LogP contribution in [0.3, 0.4) is 0 Å². The molecule has 4 N–H and O–H groups in total. The van der Waals surface area contributed by atoms with Crippen molar-refractivity contribution in [3.8, 4) is 0 Å². The van der Waals surface area contributed by atoms with E-state index in [-0.39, 0.29) is 27.7 Å². The first kappa shape index (κ1) is 25.2. The van der Waals surface area contributed by atoms with Crippen LogP contribution in [0.2, 0.25) is 0 Å². The van der Waals surface area contributed by atoms with Gasteiger partial charge < -0.3 is 10.4 Å². The van der Waals surface area contributed by atoms with E-state index in [0.717, 1.165) is 9.46 Å². The zero-order chi connectivity index (χ0) is 17.4. The summed E-state index contributed by atoms with van der Waals surface area (Å²) in [4.78, 5) is 16.7. The Hall–Kier alpha value is -2.76. The quantitative estimate of drug-likeness (QED) is 0.121. The molecule has 0 saturated heterocycles. The molecule has 23 heavy (non-hydrogen) atoms. The Morgan fingerprint density at radius 1 is 0.652 bits per heavy atom. The SMILES string of the molecule is O=[N+]([O-])O.O=[N+]([O-])O.O[n+]1ccccc1.O[n+]1ccccc1.[Hg]. The van der Waals surface area contributed by atoms with E-state index < -0.39 is 10.2 Å². The molecule has 2 aromatic rings. The van der Waals surface area contributed by atoms with Crippen LogP contribution < -0.4 is 9.46 Å². The van der Waals surface area contributed by atoms with Gasteiger partial charge in [0.2, 0.25) is 24.8 Å². The number of hydrogen-bond donors (Lipinski definition) is 4. The molecule has 0 aliphatic rings. The van der Waals surface area contributed by atoms with Crippen LogP contribution in [0.15, 0.2) is 61.2 Å². The summed E-state index contributed by atoms with van der Waals surface area (Å²) in [6.45, 7) is 0. The molecule has 0 saturated carbocycles. The van der Waals surface area contributed by atoms with Gasteiger partial charge in [-0.05, 0) is 0 Å². The van der Waals surface area contributed by atoms with Crippen molar-refractivity contribution in [3.63, 3.8) is 0 Å². The first-order valence-electron chi connectivity index (χ1n) is 5.23. The minimum Gasteiger partial charge on any atom is -0.328 e. The number of nitrogens with zero attached hydrogens (tertiary/aromatic N) is 4. The van der Waals surface area contributed by atoms with Crippen LogP contribution in [0.25, 0.3) is 0 Å². The fourth-order valence-corrected chi connectivity index (χ4v) is 0.779. The molecule has 122 valence electrons. The third kappa shape index (κ3) is 32.6.